The predicted octanol–water partition coefficient (Wildman–Crippen LogP) is -3.93. The molecule has 0 unspecified atom stereocenters. The highest BCUT2D eigenvalue weighted by Crippen LogP contribution is 2.40. The fourth-order valence-electron chi connectivity index (χ4n) is 7.05. The maximum absolute atomic E-state index is 14.3. The van der Waals surface area contributed by atoms with Crippen LogP contribution in [0.1, 0.15) is 11.1 Å². The number of aromatic hydroxyl groups is 2. The lowest BCUT2D eigenvalue weighted by atomic mass is 9.79. The molecule has 0 radical (unpaired) electrons. The highest BCUT2D eigenvalue weighted by atomic mass is 16.8. The van der Waals surface area contributed by atoms with Gasteiger partial charge in [-0.3, -0.25) is 24.0 Å². The van der Waals surface area contributed by atoms with Crippen molar-refractivity contribution in [3.05, 3.63) is 117 Å². The van der Waals surface area contributed by atoms with Gasteiger partial charge in [0.15, 0.2) is 18.4 Å². The normalized spacial score (nSPS) is 34.5. The van der Waals surface area contributed by atoms with Crippen LogP contribution < -0.4 is 0 Å². The average Bonchev–Trinajstić information content (AvgIpc) is 3.30. The molecule has 12 atom stereocenters. The number of allylic oxidation sites excluding steroid dienone is 5. The first-order valence-corrected chi connectivity index (χ1v) is 19.6. The molecule has 24 heteroatoms. The summed E-state index contributed by atoms with van der Waals surface area (Å²) in [5.74, 6) is -23.4. The minimum atomic E-state index is -4.16. The molecular formula is C43H42O24. The summed E-state index contributed by atoms with van der Waals surface area (Å²) in [5.41, 5.74) is -5.71. The van der Waals surface area contributed by atoms with Gasteiger partial charge in [0.05, 0.1) is 24.4 Å². The SMILES string of the molecule is O=C(/C=C/c1ccc(O)cc1)C1=C(O)/C(=C/C2=C(O)C(=C(O)/C=C/c3ccc(O)cc3)/C(=O)[C@@](O)(O[C@@H]3O[C@H](CO)[C@@H](O)[C@H](O)[C@H]3O)C2=O)C(=O)[C@](O)(O[C@@H]2O[C@H](CO)[C@@H](O)[C@H](O)[C@H]2O)C1=O. The second-order valence-electron chi connectivity index (χ2n) is 15.3. The third-order valence-corrected chi connectivity index (χ3v) is 10.9. The zero-order valence-corrected chi connectivity index (χ0v) is 34.1. The summed E-state index contributed by atoms with van der Waals surface area (Å²) in [6, 6.07) is 9.97. The molecule has 2 fully saturated rings. The lowest BCUT2D eigenvalue weighted by Crippen LogP contribution is -2.64. The minimum Gasteiger partial charge on any atom is -0.508 e. The van der Waals surface area contributed by atoms with Gasteiger partial charge in [0.1, 0.15) is 88.8 Å². The van der Waals surface area contributed by atoms with E-state index < -0.39 is 155 Å². The molecule has 2 aromatic rings. The Bertz CT molecular complexity index is 2500. The number of carbonyl (C=O) groups excluding carboxylic acids is 5. The van der Waals surface area contributed by atoms with Gasteiger partial charge in [0, 0.05) is 0 Å². The van der Waals surface area contributed by atoms with Gasteiger partial charge in [-0.15, -0.1) is 0 Å². The summed E-state index contributed by atoms with van der Waals surface area (Å²) in [6.45, 7) is -2.19. The number of ether oxygens (including phenoxy) is 4. The zero-order valence-electron chi connectivity index (χ0n) is 34.1. The monoisotopic (exact) mass is 942 g/mol. The minimum absolute atomic E-state index is 0.0609. The fourth-order valence-corrected chi connectivity index (χ4v) is 7.05. The largest absolute Gasteiger partial charge is 0.508 e. The zero-order chi connectivity index (χ0) is 49.4. The van der Waals surface area contributed by atoms with Crippen molar-refractivity contribution in [3.63, 3.8) is 0 Å². The number of hydrogen-bond donors (Lipinski definition) is 15. The number of rotatable bonds is 12. The van der Waals surface area contributed by atoms with Gasteiger partial charge < -0.3 is 95.5 Å². The number of hydrogen-bond acceptors (Lipinski definition) is 24. The molecule has 0 amide bonds. The number of benzene rings is 2. The van der Waals surface area contributed by atoms with E-state index in [4.69, 9.17) is 18.9 Å². The van der Waals surface area contributed by atoms with Crippen LogP contribution >= 0.6 is 0 Å². The van der Waals surface area contributed by atoms with E-state index in [9.17, 15) is 101 Å². The third kappa shape index (κ3) is 9.35. The van der Waals surface area contributed by atoms with Crippen molar-refractivity contribution in [3.8, 4) is 11.5 Å². The van der Waals surface area contributed by atoms with Crippen LogP contribution in [-0.4, -0.2) is 192 Å². The molecule has 4 aliphatic rings. The Hall–Kier alpha value is -6.33. The first-order chi connectivity index (χ1) is 31.5. The standard InChI is InChI=1S/C43H42O24/c44-14-24-30(52)32(54)34(56)40(64-24)66-42(62)36(58)20(28(50)26(38(42)60)22(48)11-5-16-1-7-18(46)8-2-16)13-21-29(51)27(23(49)12-6-17-3-9-19(47)10-4-17)39(61)43(63,37(21)59)67-41-35(57)33(55)31(53)25(15-45)65-41/h1-13,24-25,30-35,40-41,44-48,50-57,62-63H,14-15H2/b11-5+,12-6+,21-13-,26-22+/t24-,25-,30-,31-,32+,33+,34-,35-,40+,41+,42+,43+/m1/s1. The van der Waals surface area contributed by atoms with Crippen molar-refractivity contribution < 1.29 is 120 Å². The van der Waals surface area contributed by atoms with Crippen LogP contribution in [0.3, 0.4) is 0 Å². The van der Waals surface area contributed by atoms with Gasteiger partial charge in [-0.1, -0.05) is 36.4 Å². The molecule has 0 aromatic heterocycles. The molecule has 6 rings (SSSR count). The smallest absolute Gasteiger partial charge is 0.300 e. The van der Waals surface area contributed by atoms with Crippen molar-refractivity contribution in [2.75, 3.05) is 13.2 Å². The summed E-state index contributed by atoms with van der Waals surface area (Å²) in [4.78, 5) is 70.5. The quantitative estimate of drug-likeness (QED) is 0.0318. The van der Waals surface area contributed by atoms with Crippen LogP contribution in [0.5, 0.6) is 11.5 Å². The van der Waals surface area contributed by atoms with E-state index in [1.54, 1.807) is 0 Å². The van der Waals surface area contributed by atoms with Crippen LogP contribution in [0.15, 0.2) is 106 Å². The molecule has 67 heavy (non-hydrogen) atoms. The first-order valence-electron chi connectivity index (χ1n) is 19.6. The molecule has 15 N–H and O–H groups in total. The lowest BCUT2D eigenvalue weighted by Gasteiger charge is -2.43. The lowest BCUT2D eigenvalue weighted by molar-refractivity contribution is -0.342. The molecule has 2 aromatic carbocycles. The van der Waals surface area contributed by atoms with Crippen LogP contribution in [-0.2, 0) is 42.9 Å². The van der Waals surface area contributed by atoms with E-state index in [0.717, 1.165) is 12.2 Å². The number of phenolic OH excluding ortho intramolecular Hbond substituents is 2. The Labute approximate surface area is 375 Å². The van der Waals surface area contributed by atoms with Crippen LogP contribution in [0.4, 0.5) is 0 Å². The Morgan fingerprint density at radius 1 is 0.582 bits per heavy atom. The topological polar surface area (TPSA) is 426 Å². The van der Waals surface area contributed by atoms with E-state index in [2.05, 4.69) is 0 Å². The molecule has 0 spiro atoms. The second kappa shape index (κ2) is 19.5. The Balaban J connectivity index is 1.56. The third-order valence-electron chi connectivity index (χ3n) is 10.9. The number of aliphatic hydroxyl groups is 13. The molecule has 24 nitrogen and oxygen atoms in total. The van der Waals surface area contributed by atoms with E-state index in [1.165, 1.54) is 48.5 Å². The molecule has 358 valence electrons. The average molecular weight is 943 g/mol. The Kier molecular flexibility index (Phi) is 14.6. The number of carbonyl (C=O) groups is 5. The van der Waals surface area contributed by atoms with Crippen LogP contribution in [0.25, 0.3) is 12.2 Å². The molecule has 0 saturated carbocycles. The number of Topliss-reactive ketones (excluding diaryl/α,β-unsaturated/α-hetero) is 4. The van der Waals surface area contributed by atoms with E-state index in [0.29, 0.717) is 12.2 Å². The number of phenols is 2. The second-order valence-corrected chi connectivity index (χ2v) is 15.3. The highest BCUT2D eigenvalue weighted by Gasteiger charge is 2.61. The van der Waals surface area contributed by atoms with Gasteiger partial charge in [-0.2, -0.15) is 0 Å². The van der Waals surface area contributed by atoms with Crippen molar-refractivity contribution in [1.82, 2.24) is 0 Å². The Morgan fingerprint density at radius 3 is 1.46 bits per heavy atom. The van der Waals surface area contributed by atoms with E-state index in [-0.39, 0.29) is 28.7 Å². The van der Waals surface area contributed by atoms with Crippen LogP contribution in [0, 0.1) is 0 Å². The van der Waals surface area contributed by atoms with Crippen molar-refractivity contribution in [2.45, 2.75) is 73.0 Å². The van der Waals surface area contributed by atoms with Gasteiger partial charge in [0.25, 0.3) is 11.6 Å². The molecule has 0 bridgehead atoms. The van der Waals surface area contributed by atoms with Gasteiger partial charge in [0.2, 0.25) is 23.1 Å². The summed E-state index contributed by atoms with van der Waals surface area (Å²) < 4.78 is 20.7. The number of aliphatic hydroxyl groups excluding tert-OH is 11. The molecule has 2 aliphatic carbocycles. The summed E-state index contributed by atoms with van der Waals surface area (Å²) in [5, 5.41) is 159. The molecule has 2 saturated heterocycles. The van der Waals surface area contributed by atoms with Crippen LogP contribution in [0.2, 0.25) is 0 Å². The number of ketones is 5. The maximum Gasteiger partial charge on any atom is 0.300 e. The molecular weight excluding hydrogens is 900 g/mol. The molecule has 2 heterocycles. The Morgan fingerprint density at radius 2 is 1.01 bits per heavy atom. The first kappa shape index (κ1) is 50.1. The summed E-state index contributed by atoms with van der Waals surface area (Å²) >= 11 is 0. The fraction of sp³-hybridized carbons (Fsp3) is 0.326. The van der Waals surface area contributed by atoms with Gasteiger partial charge >= 0.3 is 0 Å². The predicted molar refractivity (Wildman–Crippen MR) is 216 cm³/mol. The van der Waals surface area contributed by atoms with E-state index in [1.807, 2.05) is 0 Å². The summed E-state index contributed by atoms with van der Waals surface area (Å²) in [6.07, 6.45) is -18.7. The van der Waals surface area contributed by atoms with E-state index >= 15 is 0 Å². The maximum atomic E-state index is 14.3. The molecule has 2 aliphatic heterocycles. The highest BCUT2D eigenvalue weighted by molar-refractivity contribution is 6.37. The van der Waals surface area contributed by atoms with Crippen molar-refractivity contribution in [1.29, 1.82) is 0 Å². The van der Waals surface area contributed by atoms with Crippen molar-refractivity contribution in [2.24, 2.45) is 0 Å². The van der Waals surface area contributed by atoms with Gasteiger partial charge in [-0.05, 0) is 53.6 Å². The van der Waals surface area contributed by atoms with Gasteiger partial charge in [-0.25, -0.2) is 0 Å². The summed E-state index contributed by atoms with van der Waals surface area (Å²) in [7, 11) is 0. The van der Waals surface area contributed by atoms with Crippen molar-refractivity contribution >= 4 is 41.1 Å².